The molecular formula is C22H27N3O2. The van der Waals surface area contributed by atoms with Crippen molar-refractivity contribution in [1.82, 2.24) is 5.32 Å². The highest BCUT2D eigenvalue weighted by Crippen LogP contribution is 2.17. The number of nitrogens with one attached hydrogen (secondary N) is 2. The van der Waals surface area contributed by atoms with Gasteiger partial charge in [-0.3, -0.25) is 9.59 Å². The average molecular weight is 365 g/mol. The van der Waals surface area contributed by atoms with Crippen LogP contribution in [0.25, 0.3) is 0 Å². The van der Waals surface area contributed by atoms with Gasteiger partial charge in [-0.05, 0) is 56.1 Å². The van der Waals surface area contributed by atoms with Crippen molar-refractivity contribution in [2.75, 3.05) is 23.3 Å². The van der Waals surface area contributed by atoms with Gasteiger partial charge in [-0.25, -0.2) is 0 Å². The molecule has 1 atom stereocenters. The quantitative estimate of drug-likeness (QED) is 0.825. The Morgan fingerprint density at radius 3 is 2.44 bits per heavy atom. The Morgan fingerprint density at radius 2 is 1.81 bits per heavy atom. The SMILES string of the molecule is CCN(C(=O)Cc1ccc(NC(=O)C2CCCCN2)cc1)c1ccccc1. The van der Waals surface area contributed by atoms with Crippen molar-refractivity contribution < 1.29 is 9.59 Å². The Morgan fingerprint density at radius 1 is 1.07 bits per heavy atom. The number of hydrogen-bond donors (Lipinski definition) is 2. The van der Waals surface area contributed by atoms with Gasteiger partial charge >= 0.3 is 0 Å². The number of benzene rings is 2. The molecule has 2 aromatic carbocycles. The lowest BCUT2D eigenvalue weighted by Gasteiger charge is -2.22. The van der Waals surface area contributed by atoms with Gasteiger partial charge in [0, 0.05) is 17.9 Å². The summed E-state index contributed by atoms with van der Waals surface area (Å²) in [6.45, 7) is 3.50. The number of nitrogens with zero attached hydrogens (tertiary/aromatic N) is 1. The van der Waals surface area contributed by atoms with Crippen molar-refractivity contribution in [3.8, 4) is 0 Å². The van der Waals surface area contributed by atoms with Crippen LogP contribution < -0.4 is 15.5 Å². The molecule has 0 radical (unpaired) electrons. The van der Waals surface area contributed by atoms with Crippen LogP contribution in [0.1, 0.15) is 31.7 Å². The standard InChI is InChI=1S/C22H27N3O2/c1-2-25(19-8-4-3-5-9-19)21(26)16-17-11-13-18(14-12-17)24-22(27)20-10-6-7-15-23-20/h3-5,8-9,11-14,20,23H,2,6-7,10,15-16H2,1H3,(H,24,27). The zero-order valence-corrected chi connectivity index (χ0v) is 15.8. The van der Waals surface area contributed by atoms with Gasteiger partial charge in [0.1, 0.15) is 0 Å². The number of para-hydroxylation sites is 1. The lowest BCUT2D eigenvalue weighted by molar-refractivity contribution is -0.119. The van der Waals surface area contributed by atoms with Gasteiger partial charge in [0.25, 0.3) is 0 Å². The fourth-order valence-corrected chi connectivity index (χ4v) is 3.39. The van der Waals surface area contributed by atoms with E-state index in [1.807, 2.05) is 61.5 Å². The van der Waals surface area contributed by atoms with Crippen molar-refractivity contribution >= 4 is 23.2 Å². The van der Waals surface area contributed by atoms with Crippen LogP contribution in [0.2, 0.25) is 0 Å². The summed E-state index contributed by atoms with van der Waals surface area (Å²) in [5.41, 5.74) is 2.61. The van der Waals surface area contributed by atoms with E-state index in [0.29, 0.717) is 13.0 Å². The third-order valence-corrected chi connectivity index (χ3v) is 4.89. The summed E-state index contributed by atoms with van der Waals surface area (Å²) in [4.78, 5) is 26.7. The molecule has 1 aliphatic heterocycles. The lowest BCUT2D eigenvalue weighted by Crippen LogP contribution is -2.43. The molecule has 0 saturated carbocycles. The van der Waals surface area contributed by atoms with E-state index in [2.05, 4.69) is 10.6 Å². The van der Waals surface area contributed by atoms with Crippen LogP contribution in [0.4, 0.5) is 11.4 Å². The highest BCUT2D eigenvalue weighted by molar-refractivity contribution is 5.96. The third-order valence-electron chi connectivity index (χ3n) is 4.89. The van der Waals surface area contributed by atoms with Crippen molar-refractivity contribution in [2.45, 2.75) is 38.6 Å². The maximum Gasteiger partial charge on any atom is 0.241 e. The molecule has 1 saturated heterocycles. The molecule has 1 unspecified atom stereocenters. The van der Waals surface area contributed by atoms with Gasteiger partial charge in [-0.1, -0.05) is 36.8 Å². The van der Waals surface area contributed by atoms with Crippen LogP contribution in [-0.4, -0.2) is 30.9 Å². The zero-order chi connectivity index (χ0) is 19.1. The predicted molar refractivity (Wildman–Crippen MR) is 109 cm³/mol. The molecule has 0 bridgehead atoms. The van der Waals surface area contributed by atoms with Crippen LogP contribution in [0.3, 0.4) is 0 Å². The minimum atomic E-state index is -0.107. The predicted octanol–water partition coefficient (Wildman–Crippen LogP) is 3.36. The molecule has 2 amide bonds. The Hall–Kier alpha value is -2.66. The fourth-order valence-electron chi connectivity index (χ4n) is 3.39. The topological polar surface area (TPSA) is 61.4 Å². The molecule has 5 nitrogen and oxygen atoms in total. The average Bonchev–Trinajstić information content (AvgIpc) is 2.71. The molecule has 1 fully saturated rings. The molecule has 0 aliphatic carbocycles. The summed E-state index contributed by atoms with van der Waals surface area (Å²) in [5.74, 6) is 0.0756. The van der Waals surface area contributed by atoms with Crippen LogP contribution in [-0.2, 0) is 16.0 Å². The maximum absolute atomic E-state index is 12.7. The Labute approximate surface area is 160 Å². The Kier molecular flexibility index (Phi) is 6.60. The third kappa shape index (κ3) is 5.17. The summed E-state index contributed by atoms with van der Waals surface area (Å²) in [6.07, 6.45) is 3.43. The largest absolute Gasteiger partial charge is 0.325 e. The van der Waals surface area contributed by atoms with Crippen molar-refractivity contribution in [1.29, 1.82) is 0 Å². The molecule has 1 aliphatic rings. The van der Waals surface area contributed by atoms with Gasteiger partial charge in [-0.15, -0.1) is 0 Å². The van der Waals surface area contributed by atoms with Crippen molar-refractivity contribution in [3.05, 3.63) is 60.2 Å². The van der Waals surface area contributed by atoms with Gasteiger partial charge in [-0.2, -0.15) is 0 Å². The van der Waals surface area contributed by atoms with E-state index in [-0.39, 0.29) is 17.9 Å². The number of likely N-dealkylation sites (N-methyl/N-ethyl adjacent to an activating group) is 1. The van der Waals surface area contributed by atoms with E-state index in [1.54, 1.807) is 4.90 Å². The van der Waals surface area contributed by atoms with E-state index >= 15 is 0 Å². The van der Waals surface area contributed by atoms with E-state index in [1.165, 1.54) is 0 Å². The molecule has 5 heteroatoms. The molecule has 0 spiro atoms. The molecule has 2 N–H and O–H groups in total. The van der Waals surface area contributed by atoms with E-state index < -0.39 is 0 Å². The van der Waals surface area contributed by atoms with Crippen molar-refractivity contribution in [2.24, 2.45) is 0 Å². The molecule has 142 valence electrons. The van der Waals surface area contributed by atoms with Crippen LogP contribution in [0.15, 0.2) is 54.6 Å². The van der Waals surface area contributed by atoms with Gasteiger partial charge < -0.3 is 15.5 Å². The second kappa shape index (κ2) is 9.33. The molecule has 3 rings (SSSR count). The molecule has 0 aromatic heterocycles. The number of piperidine rings is 1. The highest BCUT2D eigenvalue weighted by Gasteiger charge is 2.20. The first-order valence-electron chi connectivity index (χ1n) is 9.66. The van der Waals surface area contributed by atoms with Gasteiger partial charge in [0.15, 0.2) is 0 Å². The Balaban J connectivity index is 1.58. The first kappa shape index (κ1) is 19.1. The monoisotopic (exact) mass is 365 g/mol. The minimum Gasteiger partial charge on any atom is -0.325 e. The maximum atomic E-state index is 12.7. The zero-order valence-electron chi connectivity index (χ0n) is 15.8. The molecule has 2 aromatic rings. The lowest BCUT2D eigenvalue weighted by atomic mass is 10.0. The number of rotatable bonds is 6. The number of amides is 2. The number of anilines is 2. The summed E-state index contributed by atoms with van der Waals surface area (Å²) >= 11 is 0. The number of carbonyl (C=O) groups excluding carboxylic acids is 2. The van der Waals surface area contributed by atoms with Crippen molar-refractivity contribution in [3.63, 3.8) is 0 Å². The fraction of sp³-hybridized carbons (Fsp3) is 0.364. The smallest absolute Gasteiger partial charge is 0.241 e. The van der Waals surface area contributed by atoms with Gasteiger partial charge in [0.05, 0.1) is 12.5 Å². The number of hydrogen-bond acceptors (Lipinski definition) is 3. The highest BCUT2D eigenvalue weighted by atomic mass is 16.2. The minimum absolute atomic E-state index is 0.0137. The summed E-state index contributed by atoms with van der Waals surface area (Å²) in [5, 5.41) is 6.20. The summed E-state index contributed by atoms with van der Waals surface area (Å²) < 4.78 is 0. The summed E-state index contributed by atoms with van der Waals surface area (Å²) in [6, 6.07) is 17.1. The first-order valence-corrected chi connectivity index (χ1v) is 9.66. The van der Waals surface area contributed by atoms with Crippen LogP contribution >= 0.6 is 0 Å². The molecule has 1 heterocycles. The molecular weight excluding hydrogens is 338 g/mol. The van der Waals surface area contributed by atoms with Gasteiger partial charge in [0.2, 0.25) is 11.8 Å². The summed E-state index contributed by atoms with van der Waals surface area (Å²) in [7, 11) is 0. The second-order valence-corrected chi connectivity index (χ2v) is 6.84. The first-order chi connectivity index (χ1) is 13.2. The van der Waals surface area contributed by atoms with Crippen LogP contribution in [0.5, 0.6) is 0 Å². The number of carbonyl (C=O) groups is 2. The van der Waals surface area contributed by atoms with E-state index in [9.17, 15) is 9.59 Å². The second-order valence-electron chi connectivity index (χ2n) is 6.84. The van der Waals surface area contributed by atoms with E-state index in [4.69, 9.17) is 0 Å². The Bertz CT molecular complexity index is 753. The molecule has 27 heavy (non-hydrogen) atoms. The van der Waals surface area contributed by atoms with Crippen LogP contribution in [0, 0.1) is 0 Å². The normalized spacial score (nSPS) is 16.6. The van der Waals surface area contributed by atoms with E-state index in [0.717, 1.165) is 42.7 Å².